The number of carbonyl (C=O) groups excluding carboxylic acids is 4. The van der Waals surface area contributed by atoms with Gasteiger partial charge in [0.2, 0.25) is 11.8 Å². The van der Waals surface area contributed by atoms with Crippen LogP contribution < -0.4 is 10.6 Å². The number of hydrogen-bond donors (Lipinski definition) is 2. The molecule has 1 aliphatic rings. The van der Waals surface area contributed by atoms with Crippen LogP contribution in [0.3, 0.4) is 0 Å². The third kappa shape index (κ3) is 10.5. The maximum absolute atomic E-state index is 14.3. The number of hydrogen-bond acceptors (Lipinski definition) is 8. The third-order valence-corrected chi connectivity index (χ3v) is 9.50. The Labute approximate surface area is 317 Å². The lowest BCUT2D eigenvalue weighted by Gasteiger charge is -2.30. The van der Waals surface area contributed by atoms with Gasteiger partial charge in [0.15, 0.2) is 0 Å². The first-order valence-corrected chi connectivity index (χ1v) is 18.7. The first-order valence-electron chi connectivity index (χ1n) is 18.7. The first kappa shape index (κ1) is 39.7. The van der Waals surface area contributed by atoms with Crippen LogP contribution >= 0.6 is 0 Å². The van der Waals surface area contributed by atoms with E-state index in [1.54, 1.807) is 58.8 Å². The van der Waals surface area contributed by atoms with E-state index in [2.05, 4.69) is 32.7 Å². The average molecular weight is 737 g/mol. The Hall–Kier alpha value is -5.52. The van der Waals surface area contributed by atoms with E-state index in [0.29, 0.717) is 31.4 Å². The fourth-order valence-corrected chi connectivity index (χ4v) is 6.74. The van der Waals surface area contributed by atoms with E-state index in [4.69, 9.17) is 9.47 Å². The van der Waals surface area contributed by atoms with Crippen molar-refractivity contribution in [3.05, 3.63) is 108 Å². The zero-order valence-electron chi connectivity index (χ0n) is 31.9. The SMILES string of the molecule is CCCCC(NC(=O)[C@H](Cc1cccnc1)NC(=O)[C@H](CCCn1ccnc1)N(C)C(=O)OCC1c2ccccc2-c2ccccc21)C(=O)OC(C)(C)C. The molecule has 2 aromatic carbocycles. The molecule has 54 heavy (non-hydrogen) atoms. The van der Waals surface area contributed by atoms with Crippen molar-refractivity contribution in [3.8, 4) is 11.1 Å². The molecule has 5 rings (SSSR count). The molecule has 3 atom stereocenters. The second-order valence-electron chi connectivity index (χ2n) is 14.7. The first-order chi connectivity index (χ1) is 25.9. The third-order valence-electron chi connectivity index (χ3n) is 9.50. The van der Waals surface area contributed by atoms with Gasteiger partial charge < -0.3 is 24.7 Å². The van der Waals surface area contributed by atoms with E-state index in [1.165, 1.54) is 4.90 Å². The lowest BCUT2D eigenvalue weighted by Crippen LogP contribution is -2.57. The highest BCUT2D eigenvalue weighted by molar-refractivity contribution is 5.93. The van der Waals surface area contributed by atoms with Crippen molar-refractivity contribution in [1.82, 2.24) is 30.1 Å². The Kier molecular flexibility index (Phi) is 13.6. The number of esters is 1. The van der Waals surface area contributed by atoms with Gasteiger partial charge >= 0.3 is 12.1 Å². The molecule has 1 aliphatic carbocycles. The smallest absolute Gasteiger partial charge is 0.410 e. The molecule has 0 bridgehead atoms. The maximum Gasteiger partial charge on any atom is 0.410 e. The summed E-state index contributed by atoms with van der Waals surface area (Å²) in [5.74, 6) is -1.76. The number of aromatic nitrogens is 3. The molecule has 12 nitrogen and oxygen atoms in total. The van der Waals surface area contributed by atoms with Gasteiger partial charge in [-0.2, -0.15) is 0 Å². The van der Waals surface area contributed by atoms with E-state index in [1.807, 2.05) is 60.2 Å². The number of fused-ring (bicyclic) bond motifs is 3. The standard InChI is InChI=1S/C42H52N6O6/c1-6-7-19-35(40(51)54-42(2,3)4)45-38(49)36(25-29-14-12-21-43-26-29)46-39(50)37(20-13-23-48-24-22-44-28-48)47(5)41(52)53-27-34-32-17-10-8-15-30(32)31-16-9-11-18-33(31)34/h8-12,14-18,21-22,24,26,28,34-37H,6-7,13,19-20,23,25,27H2,1-5H3,(H,45,49)(H,46,50)/t35?,36-,37-/m0/s1. The van der Waals surface area contributed by atoms with Gasteiger partial charge in [-0.15, -0.1) is 0 Å². The molecule has 0 fully saturated rings. The van der Waals surface area contributed by atoms with Gasteiger partial charge in [-0.25, -0.2) is 14.6 Å². The van der Waals surface area contributed by atoms with Gasteiger partial charge in [0.05, 0.1) is 6.33 Å². The predicted octanol–water partition coefficient (Wildman–Crippen LogP) is 6.05. The molecule has 2 N–H and O–H groups in total. The van der Waals surface area contributed by atoms with Crippen molar-refractivity contribution < 1.29 is 28.7 Å². The molecule has 0 saturated carbocycles. The van der Waals surface area contributed by atoms with Crippen LogP contribution in [0.4, 0.5) is 4.79 Å². The van der Waals surface area contributed by atoms with Gasteiger partial charge in [-0.05, 0) is 73.9 Å². The highest BCUT2D eigenvalue weighted by Crippen LogP contribution is 2.44. The number of unbranched alkanes of at least 4 members (excludes halogenated alkanes) is 1. The Bertz CT molecular complexity index is 1810. The van der Waals surface area contributed by atoms with Gasteiger partial charge in [0, 0.05) is 50.7 Å². The summed E-state index contributed by atoms with van der Waals surface area (Å²) < 4.78 is 13.5. The highest BCUT2D eigenvalue weighted by Gasteiger charge is 2.35. The monoisotopic (exact) mass is 736 g/mol. The summed E-state index contributed by atoms with van der Waals surface area (Å²) in [4.78, 5) is 64.8. The van der Waals surface area contributed by atoms with Crippen LogP contribution in [0.25, 0.3) is 11.1 Å². The quantitative estimate of drug-likeness (QED) is 0.125. The van der Waals surface area contributed by atoms with Crippen LogP contribution in [0.15, 0.2) is 91.8 Å². The zero-order valence-corrected chi connectivity index (χ0v) is 31.9. The lowest BCUT2D eigenvalue weighted by molar-refractivity contribution is -0.159. The summed E-state index contributed by atoms with van der Waals surface area (Å²) in [6.07, 6.45) is 10.6. The molecule has 2 heterocycles. The molecule has 4 aromatic rings. The summed E-state index contributed by atoms with van der Waals surface area (Å²) in [7, 11) is 1.54. The number of aryl methyl sites for hydroxylation is 1. The van der Waals surface area contributed by atoms with E-state index >= 15 is 0 Å². The lowest BCUT2D eigenvalue weighted by atomic mass is 9.98. The van der Waals surface area contributed by atoms with Crippen molar-refractivity contribution in [2.75, 3.05) is 13.7 Å². The molecule has 3 amide bonds. The van der Waals surface area contributed by atoms with Crippen LogP contribution in [0.5, 0.6) is 0 Å². The van der Waals surface area contributed by atoms with Crippen LogP contribution in [0, 0.1) is 0 Å². The minimum atomic E-state index is -1.08. The summed E-state index contributed by atoms with van der Waals surface area (Å²) in [5, 5.41) is 5.77. The molecule has 286 valence electrons. The number of rotatable bonds is 17. The Morgan fingerprint density at radius 1 is 0.852 bits per heavy atom. The van der Waals surface area contributed by atoms with Crippen LogP contribution in [-0.4, -0.2) is 80.7 Å². The summed E-state index contributed by atoms with van der Waals surface area (Å²) in [6, 6.07) is 16.8. The van der Waals surface area contributed by atoms with Crippen molar-refractivity contribution in [2.24, 2.45) is 0 Å². The predicted molar refractivity (Wildman–Crippen MR) is 205 cm³/mol. The second-order valence-corrected chi connectivity index (χ2v) is 14.7. The van der Waals surface area contributed by atoms with Gasteiger partial charge in [-0.3, -0.25) is 19.5 Å². The fraction of sp³-hybridized carbons (Fsp3) is 0.429. The number of benzene rings is 2. The summed E-state index contributed by atoms with van der Waals surface area (Å²) in [6.45, 7) is 7.98. The molecular weight excluding hydrogens is 684 g/mol. The summed E-state index contributed by atoms with van der Waals surface area (Å²) in [5.41, 5.74) is 4.35. The molecule has 0 saturated heterocycles. The molecule has 2 aromatic heterocycles. The van der Waals surface area contributed by atoms with Crippen molar-refractivity contribution in [3.63, 3.8) is 0 Å². The molecular formula is C42H52N6O6. The number of likely N-dealkylation sites (N-methyl/N-ethyl adjacent to an activating group) is 1. The van der Waals surface area contributed by atoms with E-state index in [9.17, 15) is 19.2 Å². The van der Waals surface area contributed by atoms with E-state index in [0.717, 1.165) is 28.7 Å². The number of nitrogens with one attached hydrogen (secondary N) is 2. The molecule has 0 aliphatic heterocycles. The molecule has 1 unspecified atom stereocenters. The van der Waals surface area contributed by atoms with Crippen molar-refractivity contribution in [2.45, 2.75) is 102 Å². The van der Waals surface area contributed by atoms with Crippen molar-refractivity contribution >= 4 is 23.9 Å². The summed E-state index contributed by atoms with van der Waals surface area (Å²) >= 11 is 0. The topological polar surface area (TPSA) is 145 Å². The fourth-order valence-electron chi connectivity index (χ4n) is 6.74. The van der Waals surface area contributed by atoms with Crippen LogP contribution in [-0.2, 0) is 36.8 Å². The minimum Gasteiger partial charge on any atom is -0.458 e. The number of pyridine rings is 1. The number of ether oxygens (including phenoxy) is 2. The van der Waals surface area contributed by atoms with Gasteiger partial charge in [-0.1, -0.05) is 74.4 Å². The van der Waals surface area contributed by atoms with Gasteiger partial charge in [0.1, 0.15) is 30.3 Å². The zero-order chi connectivity index (χ0) is 38.7. The van der Waals surface area contributed by atoms with E-state index < -0.39 is 47.6 Å². The number of amides is 3. The minimum absolute atomic E-state index is 0.0937. The van der Waals surface area contributed by atoms with E-state index in [-0.39, 0.29) is 25.4 Å². The molecule has 12 heteroatoms. The number of imidazole rings is 1. The molecule has 0 spiro atoms. The van der Waals surface area contributed by atoms with Crippen LogP contribution in [0.1, 0.15) is 82.4 Å². The Morgan fingerprint density at radius 2 is 1.54 bits per heavy atom. The van der Waals surface area contributed by atoms with Crippen LogP contribution in [0.2, 0.25) is 0 Å². The number of nitrogens with zero attached hydrogens (tertiary/aromatic N) is 4. The Morgan fingerprint density at radius 3 is 2.15 bits per heavy atom. The maximum atomic E-state index is 14.3. The van der Waals surface area contributed by atoms with Gasteiger partial charge in [0.25, 0.3) is 0 Å². The second kappa shape index (κ2) is 18.5. The highest BCUT2D eigenvalue weighted by atomic mass is 16.6. The molecule has 0 radical (unpaired) electrons. The largest absolute Gasteiger partial charge is 0.458 e. The number of carbonyl (C=O) groups is 4. The van der Waals surface area contributed by atoms with Crippen molar-refractivity contribution in [1.29, 1.82) is 0 Å². The Balaban J connectivity index is 1.34. The normalized spacial score (nSPS) is 13.9. The average Bonchev–Trinajstić information content (AvgIpc) is 3.79.